The lowest BCUT2D eigenvalue weighted by Crippen LogP contribution is -2.47. The zero-order valence-electron chi connectivity index (χ0n) is 16.1. The van der Waals surface area contributed by atoms with Gasteiger partial charge in [-0.3, -0.25) is 14.5 Å². The summed E-state index contributed by atoms with van der Waals surface area (Å²) in [6, 6.07) is 18.0. The van der Waals surface area contributed by atoms with Crippen LogP contribution < -0.4 is 10.2 Å². The van der Waals surface area contributed by atoms with E-state index < -0.39 is 0 Å². The molecule has 2 aromatic carbocycles. The molecule has 28 heavy (non-hydrogen) atoms. The molecule has 0 aliphatic carbocycles. The molecule has 146 valence electrons. The Labute approximate surface area is 166 Å². The second kappa shape index (κ2) is 8.57. The van der Waals surface area contributed by atoms with Gasteiger partial charge in [0.2, 0.25) is 5.91 Å². The Morgan fingerprint density at radius 2 is 1.89 bits per heavy atom. The van der Waals surface area contributed by atoms with Crippen LogP contribution in [-0.2, 0) is 11.3 Å². The van der Waals surface area contributed by atoms with Crippen LogP contribution in [-0.4, -0.2) is 42.4 Å². The molecule has 2 amide bonds. The minimum Gasteiger partial charge on any atom is -0.348 e. The number of carbonyl (C=O) groups excluding carboxylic acids is 2. The van der Waals surface area contributed by atoms with Gasteiger partial charge in [-0.25, -0.2) is 0 Å². The monoisotopic (exact) mass is 377 g/mol. The minimum atomic E-state index is -0.0555. The molecule has 0 aromatic heterocycles. The highest BCUT2D eigenvalue weighted by atomic mass is 16.2. The Kier molecular flexibility index (Phi) is 5.72. The molecule has 0 spiro atoms. The first-order valence-electron chi connectivity index (χ1n) is 10.2. The van der Waals surface area contributed by atoms with E-state index in [1.807, 2.05) is 30.3 Å². The lowest BCUT2D eigenvalue weighted by atomic mass is 10.0. The van der Waals surface area contributed by atoms with Crippen molar-refractivity contribution in [2.75, 3.05) is 24.5 Å². The van der Waals surface area contributed by atoms with Crippen LogP contribution in [0.3, 0.4) is 0 Å². The molecule has 0 bridgehead atoms. The van der Waals surface area contributed by atoms with Gasteiger partial charge in [0.15, 0.2) is 0 Å². The third kappa shape index (κ3) is 4.42. The number of hydrogen-bond donors (Lipinski definition) is 1. The summed E-state index contributed by atoms with van der Waals surface area (Å²) < 4.78 is 0. The summed E-state index contributed by atoms with van der Waals surface area (Å²) in [5.74, 6) is 0.0847. The van der Waals surface area contributed by atoms with Crippen molar-refractivity contribution in [3.05, 3.63) is 65.7 Å². The summed E-state index contributed by atoms with van der Waals surface area (Å²) >= 11 is 0. The van der Waals surface area contributed by atoms with Crippen LogP contribution >= 0.6 is 0 Å². The smallest absolute Gasteiger partial charge is 0.251 e. The van der Waals surface area contributed by atoms with E-state index in [4.69, 9.17) is 0 Å². The van der Waals surface area contributed by atoms with Gasteiger partial charge in [-0.05, 0) is 49.6 Å². The van der Waals surface area contributed by atoms with Gasteiger partial charge in [-0.15, -0.1) is 0 Å². The maximum absolute atomic E-state index is 12.8. The van der Waals surface area contributed by atoms with Crippen molar-refractivity contribution < 1.29 is 9.59 Å². The van der Waals surface area contributed by atoms with Crippen LogP contribution in [0.25, 0.3) is 0 Å². The van der Waals surface area contributed by atoms with Gasteiger partial charge < -0.3 is 10.2 Å². The molecule has 4 rings (SSSR count). The molecule has 2 aliphatic heterocycles. The molecule has 5 heteroatoms. The van der Waals surface area contributed by atoms with E-state index in [1.165, 1.54) is 5.56 Å². The van der Waals surface area contributed by atoms with Crippen LogP contribution in [0.1, 0.15) is 41.6 Å². The van der Waals surface area contributed by atoms with E-state index in [2.05, 4.69) is 34.5 Å². The Balaban J connectivity index is 1.37. The fraction of sp³-hybridized carbons (Fsp3) is 0.391. The second-order valence-corrected chi connectivity index (χ2v) is 7.73. The van der Waals surface area contributed by atoms with Crippen molar-refractivity contribution in [1.82, 2.24) is 10.2 Å². The third-order valence-electron chi connectivity index (χ3n) is 5.58. The highest BCUT2D eigenvalue weighted by Gasteiger charge is 2.24. The first kappa shape index (κ1) is 18.7. The fourth-order valence-electron chi connectivity index (χ4n) is 4.16. The standard InChI is InChI=1S/C23H27N3O2/c27-22-12-6-14-26(22)21-11-4-9-19(15-21)23(28)24-20-10-5-13-25(17-20)16-18-7-2-1-3-8-18/h1-4,7-9,11,15,20H,5-6,10,12-14,16-17H2,(H,24,28). The lowest BCUT2D eigenvalue weighted by molar-refractivity contribution is -0.117. The van der Waals surface area contributed by atoms with Crippen LogP contribution in [0.5, 0.6) is 0 Å². The summed E-state index contributed by atoms with van der Waals surface area (Å²) in [6.07, 6.45) is 3.56. The minimum absolute atomic E-state index is 0.0555. The summed E-state index contributed by atoms with van der Waals surface area (Å²) in [4.78, 5) is 29.0. The van der Waals surface area contributed by atoms with Crippen molar-refractivity contribution in [1.29, 1.82) is 0 Å². The van der Waals surface area contributed by atoms with Crippen LogP contribution in [0.2, 0.25) is 0 Å². The Morgan fingerprint density at radius 3 is 2.68 bits per heavy atom. The number of rotatable bonds is 5. The summed E-state index contributed by atoms with van der Waals surface area (Å²) in [5.41, 5.74) is 2.75. The number of carbonyl (C=O) groups is 2. The molecule has 0 radical (unpaired) electrons. The van der Waals surface area contributed by atoms with E-state index in [9.17, 15) is 9.59 Å². The zero-order valence-corrected chi connectivity index (χ0v) is 16.1. The fourth-order valence-corrected chi connectivity index (χ4v) is 4.16. The predicted molar refractivity (Wildman–Crippen MR) is 110 cm³/mol. The topological polar surface area (TPSA) is 52.7 Å². The first-order chi connectivity index (χ1) is 13.7. The first-order valence-corrected chi connectivity index (χ1v) is 10.2. The number of hydrogen-bond acceptors (Lipinski definition) is 3. The molecule has 2 heterocycles. The van der Waals surface area contributed by atoms with Crippen molar-refractivity contribution in [3.63, 3.8) is 0 Å². The largest absolute Gasteiger partial charge is 0.348 e. The number of piperidine rings is 1. The molecule has 2 fully saturated rings. The lowest BCUT2D eigenvalue weighted by Gasteiger charge is -2.33. The van der Waals surface area contributed by atoms with E-state index in [1.54, 1.807) is 4.90 Å². The van der Waals surface area contributed by atoms with Gasteiger partial charge in [-0.1, -0.05) is 36.4 Å². The van der Waals surface area contributed by atoms with E-state index in [0.717, 1.165) is 51.1 Å². The van der Waals surface area contributed by atoms with Gasteiger partial charge >= 0.3 is 0 Å². The maximum atomic E-state index is 12.8. The Morgan fingerprint density at radius 1 is 1.04 bits per heavy atom. The molecule has 0 saturated carbocycles. The van der Waals surface area contributed by atoms with Crippen molar-refractivity contribution in [3.8, 4) is 0 Å². The van der Waals surface area contributed by atoms with Crippen LogP contribution in [0.4, 0.5) is 5.69 Å². The van der Waals surface area contributed by atoms with E-state index in [-0.39, 0.29) is 17.9 Å². The number of nitrogens with one attached hydrogen (secondary N) is 1. The number of benzene rings is 2. The summed E-state index contributed by atoms with van der Waals surface area (Å²) in [7, 11) is 0. The quantitative estimate of drug-likeness (QED) is 0.871. The maximum Gasteiger partial charge on any atom is 0.251 e. The van der Waals surface area contributed by atoms with Crippen LogP contribution in [0, 0.1) is 0 Å². The highest BCUT2D eigenvalue weighted by Crippen LogP contribution is 2.22. The number of likely N-dealkylation sites (tertiary alicyclic amines) is 1. The SMILES string of the molecule is O=C(NC1CCCN(Cc2ccccc2)C1)c1cccc(N2CCCC2=O)c1. The van der Waals surface area contributed by atoms with Gasteiger partial charge in [0.1, 0.15) is 0 Å². The molecular weight excluding hydrogens is 350 g/mol. The summed E-state index contributed by atoms with van der Waals surface area (Å²) in [5, 5.41) is 3.20. The average Bonchev–Trinajstić information content (AvgIpc) is 3.15. The van der Waals surface area contributed by atoms with Crippen LogP contribution in [0.15, 0.2) is 54.6 Å². The molecular formula is C23H27N3O2. The van der Waals surface area contributed by atoms with Gasteiger partial charge in [0.25, 0.3) is 5.91 Å². The van der Waals surface area contributed by atoms with Gasteiger partial charge in [0, 0.05) is 43.3 Å². The third-order valence-corrected chi connectivity index (χ3v) is 5.58. The molecule has 1 N–H and O–H groups in total. The number of anilines is 1. The molecule has 2 saturated heterocycles. The molecule has 1 atom stereocenters. The van der Waals surface area contributed by atoms with Crippen molar-refractivity contribution in [2.45, 2.75) is 38.3 Å². The average molecular weight is 377 g/mol. The highest BCUT2D eigenvalue weighted by molar-refractivity contribution is 5.99. The second-order valence-electron chi connectivity index (χ2n) is 7.73. The van der Waals surface area contributed by atoms with Gasteiger partial charge in [-0.2, -0.15) is 0 Å². The van der Waals surface area contributed by atoms with Crippen molar-refractivity contribution >= 4 is 17.5 Å². The normalized spacial score (nSPS) is 20.4. The Hall–Kier alpha value is -2.66. The Bertz CT molecular complexity index is 837. The predicted octanol–water partition coefficient (Wildman–Crippen LogP) is 3.21. The van der Waals surface area contributed by atoms with E-state index in [0.29, 0.717) is 12.0 Å². The molecule has 5 nitrogen and oxygen atoms in total. The van der Waals surface area contributed by atoms with E-state index >= 15 is 0 Å². The molecule has 1 unspecified atom stereocenters. The summed E-state index contributed by atoms with van der Waals surface area (Å²) in [6.45, 7) is 3.58. The van der Waals surface area contributed by atoms with Gasteiger partial charge in [0.05, 0.1) is 0 Å². The number of amides is 2. The van der Waals surface area contributed by atoms with Crippen molar-refractivity contribution in [2.24, 2.45) is 0 Å². The molecule has 2 aliphatic rings. The molecule has 2 aromatic rings. The zero-order chi connectivity index (χ0) is 19.3. The number of nitrogens with zero attached hydrogens (tertiary/aromatic N) is 2.